The van der Waals surface area contributed by atoms with Crippen LogP contribution in [0.25, 0.3) is 0 Å². The number of anilines is 1. The summed E-state index contributed by atoms with van der Waals surface area (Å²) in [7, 11) is 1.47. The fraction of sp³-hybridized carbons (Fsp3) is 0.364. The van der Waals surface area contributed by atoms with Crippen molar-refractivity contribution in [3.8, 4) is 5.75 Å². The number of alkyl halides is 3. The van der Waals surface area contributed by atoms with Crippen LogP contribution >= 0.6 is 0 Å². The van der Waals surface area contributed by atoms with Crippen molar-refractivity contribution in [3.05, 3.63) is 24.3 Å². The number of amides is 1. The Hall–Kier alpha value is -1.76. The van der Waals surface area contributed by atoms with Gasteiger partial charge in [0.1, 0.15) is 5.75 Å². The quantitative estimate of drug-likeness (QED) is 0.888. The maximum atomic E-state index is 11.9. The van der Waals surface area contributed by atoms with E-state index < -0.39 is 6.36 Å². The molecule has 1 rings (SSSR count). The minimum Gasteiger partial charge on any atom is -0.406 e. The second-order valence-electron chi connectivity index (χ2n) is 3.36. The average Bonchev–Trinajstić information content (AvgIpc) is 2.27. The van der Waals surface area contributed by atoms with Crippen LogP contribution in [-0.4, -0.2) is 26.0 Å². The van der Waals surface area contributed by atoms with Gasteiger partial charge in [-0.2, -0.15) is 0 Å². The van der Waals surface area contributed by atoms with Gasteiger partial charge in [0, 0.05) is 12.8 Å². The van der Waals surface area contributed by atoms with Gasteiger partial charge >= 0.3 is 6.36 Å². The molecule has 0 aliphatic rings. The molecule has 100 valence electrons. The first-order valence-electron chi connectivity index (χ1n) is 5.05. The first-order chi connectivity index (χ1) is 8.40. The van der Waals surface area contributed by atoms with Gasteiger partial charge in [-0.1, -0.05) is 0 Å². The highest BCUT2D eigenvalue weighted by Gasteiger charge is 2.30. The lowest BCUT2D eigenvalue weighted by Crippen LogP contribution is -2.17. The molecule has 1 amide bonds. The minimum absolute atomic E-state index is 0.178. The highest BCUT2D eigenvalue weighted by atomic mass is 19.4. The number of methoxy groups -OCH3 is 1. The molecule has 1 aromatic rings. The summed E-state index contributed by atoms with van der Waals surface area (Å²) in [5.74, 6) is -0.612. The number of rotatable bonds is 5. The van der Waals surface area contributed by atoms with Crippen LogP contribution in [0.5, 0.6) is 5.75 Å². The lowest BCUT2D eigenvalue weighted by molar-refractivity contribution is -0.274. The number of hydrogen-bond acceptors (Lipinski definition) is 3. The van der Waals surface area contributed by atoms with Gasteiger partial charge in [0.2, 0.25) is 5.91 Å². The molecule has 18 heavy (non-hydrogen) atoms. The average molecular weight is 263 g/mol. The number of nitrogens with one attached hydrogen (secondary N) is 1. The molecule has 1 aromatic carbocycles. The maximum Gasteiger partial charge on any atom is 0.573 e. The van der Waals surface area contributed by atoms with Crippen molar-refractivity contribution in [1.82, 2.24) is 0 Å². The third-order valence-electron chi connectivity index (χ3n) is 1.90. The number of ether oxygens (including phenoxy) is 2. The molecular formula is C11H12F3NO3. The molecular weight excluding hydrogens is 251 g/mol. The first-order valence-corrected chi connectivity index (χ1v) is 5.05. The van der Waals surface area contributed by atoms with E-state index in [1.54, 1.807) is 0 Å². The molecule has 0 fully saturated rings. The Morgan fingerprint density at radius 3 is 2.39 bits per heavy atom. The zero-order chi connectivity index (χ0) is 13.6. The van der Waals surface area contributed by atoms with Crippen LogP contribution in [-0.2, 0) is 9.53 Å². The van der Waals surface area contributed by atoms with E-state index in [-0.39, 0.29) is 24.7 Å². The van der Waals surface area contributed by atoms with Crippen molar-refractivity contribution in [2.45, 2.75) is 12.8 Å². The monoisotopic (exact) mass is 263 g/mol. The van der Waals surface area contributed by atoms with E-state index in [2.05, 4.69) is 10.1 Å². The van der Waals surface area contributed by atoms with Crippen LogP contribution in [0.3, 0.4) is 0 Å². The molecule has 0 spiro atoms. The normalized spacial score (nSPS) is 11.1. The Labute approximate surface area is 102 Å². The molecule has 4 nitrogen and oxygen atoms in total. The van der Waals surface area contributed by atoms with E-state index in [0.717, 1.165) is 12.1 Å². The lowest BCUT2D eigenvalue weighted by Gasteiger charge is -2.09. The van der Waals surface area contributed by atoms with Gasteiger partial charge in [0.05, 0.1) is 13.0 Å². The standard InChI is InChI=1S/C11H12F3NO3/c1-17-7-6-10(16)15-8-2-4-9(5-3-8)18-11(12,13)14/h2-5H,6-7H2,1H3,(H,15,16). The predicted molar refractivity (Wildman–Crippen MR) is 58.2 cm³/mol. The summed E-state index contributed by atoms with van der Waals surface area (Å²) in [6.07, 6.45) is -4.54. The Morgan fingerprint density at radius 2 is 1.89 bits per heavy atom. The summed E-state index contributed by atoms with van der Waals surface area (Å²) in [5.41, 5.74) is 0.394. The SMILES string of the molecule is COCCC(=O)Nc1ccc(OC(F)(F)F)cc1. The van der Waals surface area contributed by atoms with E-state index in [1.165, 1.54) is 19.2 Å². The number of carbonyl (C=O) groups excluding carboxylic acids is 1. The third-order valence-corrected chi connectivity index (χ3v) is 1.90. The van der Waals surface area contributed by atoms with E-state index in [1.807, 2.05) is 0 Å². The summed E-state index contributed by atoms with van der Waals surface area (Å²) < 4.78 is 44.1. The van der Waals surface area contributed by atoms with E-state index in [0.29, 0.717) is 5.69 Å². The Balaban J connectivity index is 2.52. The molecule has 0 aliphatic heterocycles. The Kier molecular flexibility index (Phi) is 4.96. The molecule has 0 aromatic heterocycles. The van der Waals surface area contributed by atoms with Gasteiger partial charge in [0.25, 0.3) is 0 Å². The fourth-order valence-electron chi connectivity index (χ4n) is 1.16. The van der Waals surface area contributed by atoms with Gasteiger partial charge in [-0.25, -0.2) is 0 Å². The summed E-state index contributed by atoms with van der Waals surface area (Å²) in [4.78, 5) is 11.3. The van der Waals surface area contributed by atoms with Gasteiger partial charge in [-0.3, -0.25) is 4.79 Å². The smallest absolute Gasteiger partial charge is 0.406 e. The summed E-state index contributed by atoms with van der Waals surface area (Å²) in [6, 6.07) is 4.90. The van der Waals surface area contributed by atoms with Gasteiger partial charge in [-0.05, 0) is 24.3 Å². The van der Waals surface area contributed by atoms with E-state index in [4.69, 9.17) is 4.74 Å². The summed E-state index contributed by atoms with van der Waals surface area (Å²) >= 11 is 0. The highest BCUT2D eigenvalue weighted by molar-refractivity contribution is 5.90. The van der Waals surface area contributed by atoms with Crippen LogP contribution in [0.4, 0.5) is 18.9 Å². The van der Waals surface area contributed by atoms with Crippen LogP contribution in [0, 0.1) is 0 Å². The fourth-order valence-corrected chi connectivity index (χ4v) is 1.16. The van der Waals surface area contributed by atoms with Crippen molar-refractivity contribution in [3.63, 3.8) is 0 Å². The Bertz CT molecular complexity index is 390. The number of halogens is 3. The van der Waals surface area contributed by atoms with Crippen molar-refractivity contribution in [1.29, 1.82) is 0 Å². The third kappa shape index (κ3) is 5.53. The van der Waals surface area contributed by atoms with Crippen LogP contribution in [0.1, 0.15) is 6.42 Å². The number of benzene rings is 1. The molecule has 0 heterocycles. The van der Waals surface area contributed by atoms with Crippen molar-refractivity contribution >= 4 is 11.6 Å². The van der Waals surface area contributed by atoms with Crippen LogP contribution < -0.4 is 10.1 Å². The topological polar surface area (TPSA) is 47.6 Å². The van der Waals surface area contributed by atoms with Crippen molar-refractivity contribution in [2.75, 3.05) is 19.0 Å². The van der Waals surface area contributed by atoms with Gasteiger partial charge < -0.3 is 14.8 Å². The minimum atomic E-state index is -4.72. The zero-order valence-corrected chi connectivity index (χ0v) is 9.58. The molecule has 0 bridgehead atoms. The Morgan fingerprint density at radius 1 is 1.28 bits per heavy atom. The molecule has 7 heteroatoms. The van der Waals surface area contributed by atoms with Crippen LogP contribution in [0.2, 0.25) is 0 Å². The molecule has 0 saturated carbocycles. The molecule has 0 saturated heterocycles. The zero-order valence-electron chi connectivity index (χ0n) is 9.58. The van der Waals surface area contributed by atoms with Crippen LogP contribution in [0.15, 0.2) is 24.3 Å². The summed E-state index contributed by atoms with van der Waals surface area (Å²) in [5, 5.41) is 2.51. The van der Waals surface area contributed by atoms with Crippen molar-refractivity contribution < 1.29 is 27.4 Å². The van der Waals surface area contributed by atoms with Gasteiger partial charge in [-0.15, -0.1) is 13.2 Å². The second kappa shape index (κ2) is 6.25. The molecule has 0 atom stereocenters. The predicted octanol–water partition coefficient (Wildman–Crippen LogP) is 2.56. The first kappa shape index (κ1) is 14.3. The molecule has 0 radical (unpaired) electrons. The molecule has 1 N–H and O–H groups in total. The maximum absolute atomic E-state index is 11.9. The van der Waals surface area contributed by atoms with Crippen molar-refractivity contribution in [2.24, 2.45) is 0 Å². The summed E-state index contributed by atoms with van der Waals surface area (Å²) in [6.45, 7) is 0.279. The number of carbonyl (C=O) groups is 1. The van der Waals surface area contributed by atoms with Gasteiger partial charge in [0.15, 0.2) is 0 Å². The number of hydrogen-bond donors (Lipinski definition) is 1. The largest absolute Gasteiger partial charge is 0.573 e. The van der Waals surface area contributed by atoms with E-state index in [9.17, 15) is 18.0 Å². The molecule has 0 unspecified atom stereocenters. The lowest BCUT2D eigenvalue weighted by atomic mass is 10.3. The molecule has 0 aliphatic carbocycles. The van der Waals surface area contributed by atoms with E-state index >= 15 is 0 Å². The second-order valence-corrected chi connectivity index (χ2v) is 3.36. The highest BCUT2D eigenvalue weighted by Crippen LogP contribution is 2.23.